The first-order valence-electron chi connectivity index (χ1n) is 11.8. The van der Waals surface area contributed by atoms with Gasteiger partial charge in [0, 0.05) is 42.3 Å². The molecule has 6 heteroatoms. The summed E-state index contributed by atoms with van der Waals surface area (Å²) in [5, 5.41) is 13.3. The summed E-state index contributed by atoms with van der Waals surface area (Å²) in [7, 11) is 0. The van der Waals surface area contributed by atoms with Crippen LogP contribution >= 0.6 is 0 Å². The molecule has 32 heavy (non-hydrogen) atoms. The number of likely N-dealkylation sites (N-methyl/N-ethyl adjacent to an activating group) is 1. The molecule has 0 radical (unpaired) electrons. The van der Waals surface area contributed by atoms with Gasteiger partial charge in [-0.3, -0.25) is 9.59 Å². The average molecular weight is 437 g/mol. The molecule has 172 valence electrons. The van der Waals surface area contributed by atoms with Crippen molar-refractivity contribution in [3.8, 4) is 6.07 Å². The van der Waals surface area contributed by atoms with Crippen LogP contribution in [-0.2, 0) is 16.1 Å². The quantitative estimate of drug-likeness (QED) is 0.276. The van der Waals surface area contributed by atoms with Crippen molar-refractivity contribution in [2.45, 2.75) is 65.8 Å². The van der Waals surface area contributed by atoms with Crippen LogP contribution in [0.2, 0.25) is 0 Å². The molecule has 0 bridgehead atoms. The molecule has 0 saturated heterocycles. The van der Waals surface area contributed by atoms with Crippen molar-refractivity contribution in [3.63, 3.8) is 0 Å². The number of hydrogen-bond acceptors (Lipinski definition) is 3. The molecule has 2 aromatic rings. The van der Waals surface area contributed by atoms with Crippen molar-refractivity contribution in [3.05, 3.63) is 41.6 Å². The van der Waals surface area contributed by atoms with Gasteiger partial charge in [0.05, 0.1) is 0 Å². The molecular weight excluding hydrogens is 400 g/mol. The number of unbranched alkanes of at least 4 members (excludes halogenated alkanes) is 5. The van der Waals surface area contributed by atoms with E-state index >= 15 is 0 Å². The van der Waals surface area contributed by atoms with E-state index in [9.17, 15) is 14.9 Å². The van der Waals surface area contributed by atoms with Gasteiger partial charge in [0.15, 0.2) is 0 Å². The fraction of sp³-hybridized carbons (Fsp3) is 0.500. The van der Waals surface area contributed by atoms with Gasteiger partial charge < -0.3 is 14.8 Å². The third kappa shape index (κ3) is 6.98. The van der Waals surface area contributed by atoms with Crippen LogP contribution in [0.4, 0.5) is 0 Å². The van der Waals surface area contributed by atoms with Crippen molar-refractivity contribution < 1.29 is 9.59 Å². The van der Waals surface area contributed by atoms with Crippen molar-refractivity contribution in [2.75, 3.05) is 19.6 Å². The molecule has 0 aliphatic rings. The second-order valence-corrected chi connectivity index (χ2v) is 7.99. The minimum Gasteiger partial charge on any atom is -0.351 e. The topological polar surface area (TPSA) is 78.1 Å². The molecule has 2 rings (SSSR count). The summed E-state index contributed by atoms with van der Waals surface area (Å²) in [5.74, 6) is -0.305. The molecule has 1 N–H and O–H groups in total. The number of carbonyl (C=O) groups excluding carboxylic acids is 2. The van der Waals surface area contributed by atoms with E-state index in [-0.39, 0.29) is 23.9 Å². The largest absolute Gasteiger partial charge is 0.351 e. The fourth-order valence-corrected chi connectivity index (χ4v) is 3.85. The Kier molecular flexibility index (Phi) is 10.5. The van der Waals surface area contributed by atoms with Gasteiger partial charge in [-0.15, -0.1) is 0 Å². The van der Waals surface area contributed by atoms with Crippen molar-refractivity contribution in [2.24, 2.45) is 0 Å². The van der Waals surface area contributed by atoms with Crippen LogP contribution in [0.25, 0.3) is 17.0 Å². The number of fused-ring (bicyclic) bond motifs is 1. The van der Waals surface area contributed by atoms with Crippen LogP contribution in [0.5, 0.6) is 0 Å². The van der Waals surface area contributed by atoms with E-state index in [1.807, 2.05) is 54.9 Å². The van der Waals surface area contributed by atoms with E-state index in [0.717, 1.165) is 29.3 Å². The molecule has 0 aliphatic carbocycles. The summed E-state index contributed by atoms with van der Waals surface area (Å²) in [6, 6.07) is 9.77. The second-order valence-electron chi connectivity index (χ2n) is 7.99. The first kappa shape index (κ1) is 25.2. The molecule has 0 saturated carbocycles. The zero-order valence-corrected chi connectivity index (χ0v) is 19.7. The SMILES string of the molecule is CCCCCCCCNC(=O)/C(C#N)=C/c1cn(CC(=O)N(CC)CC)c2ccccc12. The zero-order valence-electron chi connectivity index (χ0n) is 19.7. The summed E-state index contributed by atoms with van der Waals surface area (Å²) in [6.07, 6.45) is 10.3. The normalized spacial score (nSPS) is 11.4. The monoisotopic (exact) mass is 436 g/mol. The summed E-state index contributed by atoms with van der Waals surface area (Å²) in [4.78, 5) is 26.9. The number of rotatable bonds is 13. The Hall–Kier alpha value is -3.07. The van der Waals surface area contributed by atoms with Gasteiger partial charge >= 0.3 is 0 Å². The predicted molar refractivity (Wildman–Crippen MR) is 130 cm³/mol. The minimum absolute atomic E-state index is 0.0449. The van der Waals surface area contributed by atoms with Gasteiger partial charge in [0.25, 0.3) is 5.91 Å². The Labute approximate surface area is 191 Å². The van der Waals surface area contributed by atoms with E-state index in [2.05, 4.69) is 12.2 Å². The number of nitriles is 1. The number of para-hydroxylation sites is 1. The lowest BCUT2D eigenvalue weighted by Gasteiger charge is -2.19. The third-order valence-corrected chi connectivity index (χ3v) is 5.72. The van der Waals surface area contributed by atoms with Gasteiger partial charge in [-0.2, -0.15) is 5.26 Å². The lowest BCUT2D eigenvalue weighted by molar-refractivity contribution is -0.131. The zero-order chi connectivity index (χ0) is 23.3. The highest BCUT2D eigenvalue weighted by Gasteiger charge is 2.15. The van der Waals surface area contributed by atoms with E-state index in [0.29, 0.717) is 19.6 Å². The number of hydrogen-bond donors (Lipinski definition) is 1. The van der Waals surface area contributed by atoms with Crippen molar-refractivity contribution in [1.29, 1.82) is 5.26 Å². The molecule has 0 spiro atoms. The molecule has 6 nitrogen and oxygen atoms in total. The van der Waals surface area contributed by atoms with Gasteiger partial charge in [0.1, 0.15) is 18.2 Å². The molecule has 1 heterocycles. The molecule has 0 atom stereocenters. The Morgan fingerprint density at radius 3 is 2.44 bits per heavy atom. The maximum Gasteiger partial charge on any atom is 0.261 e. The van der Waals surface area contributed by atoms with Gasteiger partial charge in [-0.05, 0) is 32.4 Å². The summed E-state index contributed by atoms with van der Waals surface area (Å²) < 4.78 is 1.89. The first-order chi connectivity index (χ1) is 15.5. The maximum absolute atomic E-state index is 12.6. The average Bonchev–Trinajstić information content (AvgIpc) is 3.14. The Morgan fingerprint density at radius 1 is 1.06 bits per heavy atom. The van der Waals surface area contributed by atoms with Crippen LogP contribution in [-0.4, -0.2) is 40.9 Å². The Balaban J connectivity index is 2.13. The standard InChI is InChI=1S/C26H36N4O2/c1-4-7-8-9-10-13-16-28-26(32)21(18-27)17-22-19-30(20-25(31)29(5-2)6-3)24-15-12-11-14-23(22)24/h11-12,14-15,17,19H,4-10,13,16,20H2,1-3H3,(H,28,32)/b21-17+. The number of amides is 2. The first-order valence-corrected chi connectivity index (χ1v) is 11.8. The van der Waals surface area contributed by atoms with Crippen molar-refractivity contribution in [1.82, 2.24) is 14.8 Å². The number of nitrogens with zero attached hydrogens (tertiary/aromatic N) is 3. The highest BCUT2D eigenvalue weighted by atomic mass is 16.2. The van der Waals surface area contributed by atoms with Crippen LogP contribution < -0.4 is 5.32 Å². The van der Waals surface area contributed by atoms with Gasteiger partial charge in [-0.25, -0.2) is 0 Å². The fourth-order valence-electron chi connectivity index (χ4n) is 3.85. The van der Waals surface area contributed by atoms with E-state index < -0.39 is 0 Å². The van der Waals surface area contributed by atoms with E-state index in [1.165, 1.54) is 25.7 Å². The number of aromatic nitrogens is 1. The summed E-state index contributed by atoms with van der Waals surface area (Å²) in [5.41, 5.74) is 1.75. The van der Waals surface area contributed by atoms with Crippen LogP contribution in [0, 0.1) is 11.3 Å². The highest BCUT2D eigenvalue weighted by molar-refractivity contribution is 6.04. The predicted octanol–water partition coefficient (Wildman–Crippen LogP) is 4.89. The summed E-state index contributed by atoms with van der Waals surface area (Å²) >= 11 is 0. The molecule has 0 fully saturated rings. The molecule has 1 aromatic carbocycles. The second kappa shape index (κ2) is 13.4. The van der Waals surface area contributed by atoms with Crippen LogP contribution in [0.15, 0.2) is 36.0 Å². The number of nitrogens with one attached hydrogen (secondary N) is 1. The summed E-state index contributed by atoms with van der Waals surface area (Å²) in [6.45, 7) is 8.25. The van der Waals surface area contributed by atoms with Gasteiger partial charge in [0.2, 0.25) is 5.91 Å². The molecule has 0 aliphatic heterocycles. The number of benzene rings is 1. The van der Waals surface area contributed by atoms with Crippen LogP contribution in [0.3, 0.4) is 0 Å². The lowest BCUT2D eigenvalue weighted by atomic mass is 10.1. The molecular formula is C26H36N4O2. The maximum atomic E-state index is 12.6. The Bertz CT molecular complexity index is 964. The third-order valence-electron chi connectivity index (χ3n) is 5.72. The van der Waals surface area contributed by atoms with Crippen molar-refractivity contribution >= 4 is 28.8 Å². The molecule has 1 aromatic heterocycles. The van der Waals surface area contributed by atoms with E-state index in [1.54, 1.807) is 11.0 Å². The van der Waals surface area contributed by atoms with Gasteiger partial charge in [-0.1, -0.05) is 57.2 Å². The van der Waals surface area contributed by atoms with Crippen LogP contribution in [0.1, 0.15) is 64.9 Å². The lowest BCUT2D eigenvalue weighted by Crippen LogP contribution is -2.33. The number of carbonyl (C=O) groups is 2. The Morgan fingerprint density at radius 2 is 1.75 bits per heavy atom. The minimum atomic E-state index is -0.350. The highest BCUT2D eigenvalue weighted by Crippen LogP contribution is 2.24. The smallest absolute Gasteiger partial charge is 0.261 e. The molecule has 0 unspecified atom stereocenters. The molecule has 2 amide bonds. The van der Waals surface area contributed by atoms with E-state index in [4.69, 9.17) is 0 Å².